The van der Waals surface area contributed by atoms with E-state index >= 15 is 0 Å². The molecule has 0 aliphatic heterocycles. The Morgan fingerprint density at radius 2 is 1.93 bits per heavy atom. The normalized spacial score (nSPS) is 13.1. The highest BCUT2D eigenvalue weighted by atomic mass is 35.5. The maximum absolute atomic E-state index is 5.84. The highest BCUT2D eigenvalue weighted by molar-refractivity contribution is 6.30. The number of nitrogens with zero attached hydrogens (tertiary/aromatic N) is 1. The lowest BCUT2D eigenvalue weighted by Crippen LogP contribution is -2.36. The van der Waals surface area contributed by atoms with E-state index in [1.165, 1.54) is 5.56 Å². The van der Waals surface area contributed by atoms with Crippen LogP contribution in [-0.4, -0.2) is 31.6 Å². The Hall–Kier alpha value is -0.570. The van der Waals surface area contributed by atoms with Gasteiger partial charge in [0.2, 0.25) is 0 Å². The van der Waals surface area contributed by atoms with E-state index in [1.807, 2.05) is 19.2 Å². The quantitative estimate of drug-likeness (QED) is 0.830. The lowest BCUT2D eigenvalue weighted by atomic mass is 10.2. The van der Waals surface area contributed by atoms with Crippen LogP contribution in [0.5, 0.6) is 0 Å². The molecule has 0 spiro atoms. The molecule has 0 aliphatic rings. The van der Waals surface area contributed by atoms with Crippen molar-refractivity contribution in [1.29, 1.82) is 0 Å². The van der Waals surface area contributed by atoms with E-state index in [9.17, 15) is 0 Å². The van der Waals surface area contributed by atoms with E-state index in [0.29, 0.717) is 6.04 Å². The number of halogens is 1. The summed E-state index contributed by atoms with van der Waals surface area (Å²) >= 11 is 5.84. The van der Waals surface area contributed by atoms with Crippen LogP contribution in [-0.2, 0) is 6.54 Å². The van der Waals surface area contributed by atoms with Gasteiger partial charge in [0.15, 0.2) is 0 Å². The topological polar surface area (TPSA) is 15.3 Å². The third-order valence-electron chi connectivity index (χ3n) is 2.60. The van der Waals surface area contributed by atoms with Crippen LogP contribution in [0, 0.1) is 0 Å². The van der Waals surface area contributed by atoms with Gasteiger partial charge in [0.1, 0.15) is 0 Å². The number of hydrogen-bond acceptors (Lipinski definition) is 2. The summed E-state index contributed by atoms with van der Waals surface area (Å²) in [4.78, 5) is 2.32. The van der Waals surface area contributed by atoms with Gasteiger partial charge in [0, 0.05) is 24.2 Å². The molecular formula is C12H19ClN2. The Labute approximate surface area is 97.2 Å². The molecule has 1 aromatic rings. The van der Waals surface area contributed by atoms with Crippen LogP contribution >= 0.6 is 11.6 Å². The molecule has 0 fully saturated rings. The third-order valence-corrected chi connectivity index (χ3v) is 2.85. The molecule has 0 saturated carbocycles. The second-order valence-corrected chi connectivity index (χ2v) is 4.38. The van der Waals surface area contributed by atoms with Gasteiger partial charge in [-0.3, -0.25) is 4.90 Å². The molecule has 0 radical (unpaired) electrons. The maximum atomic E-state index is 5.84. The zero-order chi connectivity index (χ0) is 11.3. The summed E-state index contributed by atoms with van der Waals surface area (Å²) in [6, 6.07) is 8.56. The Kier molecular flexibility index (Phi) is 5.09. The molecule has 15 heavy (non-hydrogen) atoms. The van der Waals surface area contributed by atoms with E-state index in [-0.39, 0.29) is 0 Å². The van der Waals surface area contributed by atoms with Crippen molar-refractivity contribution in [2.24, 2.45) is 0 Å². The fraction of sp³-hybridized carbons (Fsp3) is 0.500. The lowest BCUT2D eigenvalue weighted by molar-refractivity contribution is 0.246. The summed E-state index contributed by atoms with van der Waals surface area (Å²) in [7, 11) is 4.11. The standard InChI is InChI=1S/C12H19ClN2/c1-10(8-14-2)15(3)9-11-4-6-12(13)7-5-11/h4-7,10,14H,8-9H2,1-3H3. The number of rotatable bonds is 5. The van der Waals surface area contributed by atoms with E-state index in [1.54, 1.807) is 0 Å². The molecule has 1 unspecified atom stereocenters. The van der Waals surface area contributed by atoms with Crippen molar-refractivity contribution in [1.82, 2.24) is 10.2 Å². The molecule has 0 saturated heterocycles. The average Bonchev–Trinajstić information content (AvgIpc) is 2.22. The Bertz CT molecular complexity index is 284. The van der Waals surface area contributed by atoms with Gasteiger partial charge >= 0.3 is 0 Å². The second-order valence-electron chi connectivity index (χ2n) is 3.95. The van der Waals surface area contributed by atoms with Crippen LogP contribution in [0.4, 0.5) is 0 Å². The fourth-order valence-corrected chi connectivity index (χ4v) is 1.61. The molecular weight excluding hydrogens is 208 g/mol. The Morgan fingerprint density at radius 1 is 1.33 bits per heavy atom. The molecule has 0 aromatic heterocycles. The number of benzene rings is 1. The lowest BCUT2D eigenvalue weighted by Gasteiger charge is -2.24. The van der Waals surface area contributed by atoms with Gasteiger partial charge in [-0.15, -0.1) is 0 Å². The van der Waals surface area contributed by atoms with Crippen LogP contribution in [0.15, 0.2) is 24.3 Å². The minimum absolute atomic E-state index is 0.533. The van der Waals surface area contributed by atoms with Gasteiger partial charge in [-0.2, -0.15) is 0 Å². The summed E-state index contributed by atoms with van der Waals surface area (Å²) in [5, 5.41) is 3.98. The largest absolute Gasteiger partial charge is 0.318 e. The first-order chi connectivity index (χ1) is 7.13. The van der Waals surface area contributed by atoms with Crippen molar-refractivity contribution in [3.63, 3.8) is 0 Å². The highest BCUT2D eigenvalue weighted by Crippen LogP contribution is 2.11. The molecule has 3 heteroatoms. The molecule has 1 N–H and O–H groups in total. The molecule has 1 rings (SSSR count). The molecule has 0 heterocycles. The van der Waals surface area contributed by atoms with Crippen molar-refractivity contribution >= 4 is 11.6 Å². The van der Waals surface area contributed by atoms with E-state index in [2.05, 4.69) is 36.3 Å². The average molecular weight is 227 g/mol. The van der Waals surface area contributed by atoms with Gasteiger partial charge < -0.3 is 5.32 Å². The predicted octanol–water partition coefficient (Wildman–Crippen LogP) is 2.38. The van der Waals surface area contributed by atoms with Crippen LogP contribution in [0.2, 0.25) is 5.02 Å². The van der Waals surface area contributed by atoms with Crippen molar-refractivity contribution in [2.75, 3.05) is 20.6 Å². The first-order valence-corrected chi connectivity index (χ1v) is 5.60. The molecule has 2 nitrogen and oxygen atoms in total. The molecule has 0 bridgehead atoms. The Balaban J connectivity index is 2.50. The molecule has 1 aromatic carbocycles. The van der Waals surface area contributed by atoms with Gasteiger partial charge in [0.05, 0.1) is 0 Å². The van der Waals surface area contributed by atoms with E-state index in [4.69, 9.17) is 11.6 Å². The summed E-state index contributed by atoms with van der Waals surface area (Å²) < 4.78 is 0. The van der Waals surface area contributed by atoms with Gasteiger partial charge in [-0.25, -0.2) is 0 Å². The summed E-state index contributed by atoms with van der Waals surface area (Å²) in [5.74, 6) is 0. The molecule has 0 aliphatic carbocycles. The monoisotopic (exact) mass is 226 g/mol. The van der Waals surface area contributed by atoms with Gasteiger partial charge in [-0.05, 0) is 38.7 Å². The SMILES string of the molecule is CNCC(C)N(C)Cc1ccc(Cl)cc1. The van der Waals surface area contributed by atoms with E-state index in [0.717, 1.165) is 18.1 Å². The molecule has 1 atom stereocenters. The molecule has 84 valence electrons. The number of likely N-dealkylation sites (N-methyl/N-ethyl adjacent to an activating group) is 2. The summed E-state index contributed by atoms with van der Waals surface area (Å²) in [6.07, 6.45) is 0. The van der Waals surface area contributed by atoms with E-state index < -0.39 is 0 Å². The number of nitrogens with one attached hydrogen (secondary N) is 1. The smallest absolute Gasteiger partial charge is 0.0406 e. The van der Waals surface area contributed by atoms with Crippen molar-refractivity contribution in [3.05, 3.63) is 34.9 Å². The highest BCUT2D eigenvalue weighted by Gasteiger charge is 2.07. The summed E-state index contributed by atoms with van der Waals surface area (Å²) in [6.45, 7) is 4.18. The first kappa shape index (κ1) is 12.5. The maximum Gasteiger partial charge on any atom is 0.0406 e. The number of hydrogen-bond donors (Lipinski definition) is 1. The minimum atomic E-state index is 0.533. The van der Waals surface area contributed by atoms with Gasteiger partial charge in [-0.1, -0.05) is 23.7 Å². The van der Waals surface area contributed by atoms with Crippen LogP contribution in [0.1, 0.15) is 12.5 Å². The zero-order valence-corrected chi connectivity index (χ0v) is 10.4. The molecule has 0 amide bonds. The van der Waals surface area contributed by atoms with Crippen LogP contribution < -0.4 is 5.32 Å². The Morgan fingerprint density at radius 3 is 2.47 bits per heavy atom. The van der Waals surface area contributed by atoms with Crippen molar-refractivity contribution in [2.45, 2.75) is 19.5 Å². The minimum Gasteiger partial charge on any atom is -0.318 e. The first-order valence-electron chi connectivity index (χ1n) is 5.22. The zero-order valence-electron chi connectivity index (χ0n) is 9.63. The second kappa shape index (κ2) is 6.11. The van der Waals surface area contributed by atoms with Crippen LogP contribution in [0.3, 0.4) is 0 Å². The van der Waals surface area contributed by atoms with Crippen molar-refractivity contribution in [3.8, 4) is 0 Å². The fourth-order valence-electron chi connectivity index (χ4n) is 1.48. The van der Waals surface area contributed by atoms with Crippen LogP contribution in [0.25, 0.3) is 0 Å². The third kappa shape index (κ3) is 4.20. The van der Waals surface area contributed by atoms with Crippen molar-refractivity contribution < 1.29 is 0 Å². The summed E-state index contributed by atoms with van der Waals surface area (Å²) in [5.41, 5.74) is 1.30. The predicted molar refractivity (Wildman–Crippen MR) is 66.3 cm³/mol. The van der Waals surface area contributed by atoms with Gasteiger partial charge in [0.25, 0.3) is 0 Å².